The fourth-order valence-corrected chi connectivity index (χ4v) is 3.11. The van der Waals surface area contributed by atoms with Gasteiger partial charge in [-0.25, -0.2) is 0 Å². The van der Waals surface area contributed by atoms with Crippen LogP contribution in [0.15, 0.2) is 18.3 Å². The number of ether oxygens (including phenoxy) is 1. The van der Waals surface area contributed by atoms with Crippen LogP contribution < -0.4 is 4.90 Å². The van der Waals surface area contributed by atoms with E-state index < -0.39 is 5.60 Å². The fraction of sp³-hybridized carbons (Fsp3) is 0.643. The number of pyridine rings is 1. The number of thiol groups is 1. The zero-order valence-electron chi connectivity index (χ0n) is 11.5. The number of nitrogens with zero attached hydrogens (tertiary/aromatic N) is 2. The van der Waals surface area contributed by atoms with Crippen molar-refractivity contribution in [3.05, 3.63) is 24.0 Å². The zero-order chi connectivity index (χ0) is 14.2. The number of anilines is 1. The van der Waals surface area contributed by atoms with Gasteiger partial charge >= 0.3 is 0 Å². The maximum atomic E-state index is 10.2. The Morgan fingerprint density at radius 3 is 2.95 bits per heavy atom. The molecule has 2 heterocycles. The molecule has 1 saturated carbocycles. The molecule has 1 N–H and O–H groups in total. The Labute approximate surface area is 128 Å². The summed E-state index contributed by atoms with van der Waals surface area (Å²) in [7, 11) is 1.50. The van der Waals surface area contributed by atoms with Crippen LogP contribution >= 0.6 is 22.5 Å². The number of morpholine rings is 1. The molecule has 0 bridgehead atoms. The molecule has 1 aliphatic carbocycles. The molecular formula is C14H20N2O2S2. The van der Waals surface area contributed by atoms with Gasteiger partial charge in [0, 0.05) is 13.1 Å². The number of hydrogen-bond donors (Lipinski definition) is 2. The van der Waals surface area contributed by atoms with E-state index in [1.807, 2.05) is 6.20 Å². The minimum Gasteiger partial charge on any atom is -0.387 e. The number of aliphatic hydroxyl groups is 1. The lowest BCUT2D eigenvalue weighted by atomic mass is 10.1. The number of hydrogen-bond acceptors (Lipinski definition) is 6. The molecule has 1 saturated heterocycles. The van der Waals surface area contributed by atoms with Crippen molar-refractivity contribution in [3.63, 3.8) is 0 Å². The van der Waals surface area contributed by atoms with Crippen LogP contribution in [0.1, 0.15) is 30.7 Å². The van der Waals surface area contributed by atoms with E-state index in [2.05, 4.69) is 40.6 Å². The van der Waals surface area contributed by atoms with E-state index in [0.717, 1.165) is 37.3 Å². The third kappa shape index (κ3) is 2.93. The number of aromatic nitrogens is 1. The third-order valence-electron chi connectivity index (χ3n) is 4.14. The van der Waals surface area contributed by atoms with E-state index in [0.29, 0.717) is 6.61 Å². The van der Waals surface area contributed by atoms with Gasteiger partial charge in [-0.1, -0.05) is 10.8 Å². The second kappa shape index (κ2) is 5.75. The summed E-state index contributed by atoms with van der Waals surface area (Å²) >= 11 is 4.23. The molecule has 1 aliphatic heterocycles. The van der Waals surface area contributed by atoms with Crippen molar-refractivity contribution in [3.8, 4) is 0 Å². The van der Waals surface area contributed by atoms with Crippen LogP contribution in [0.3, 0.4) is 0 Å². The summed E-state index contributed by atoms with van der Waals surface area (Å²) in [4.78, 5) is 6.76. The van der Waals surface area contributed by atoms with Gasteiger partial charge in [0.25, 0.3) is 0 Å². The Morgan fingerprint density at radius 2 is 2.35 bits per heavy atom. The van der Waals surface area contributed by atoms with E-state index in [9.17, 15) is 5.11 Å². The quantitative estimate of drug-likeness (QED) is 0.660. The molecule has 2 fully saturated rings. The molecule has 0 radical (unpaired) electrons. The summed E-state index contributed by atoms with van der Waals surface area (Å²) in [6.45, 7) is 4.35. The van der Waals surface area contributed by atoms with Gasteiger partial charge < -0.3 is 14.7 Å². The Hall–Kier alpha value is -0.430. The predicted molar refractivity (Wildman–Crippen MR) is 85.4 cm³/mol. The molecule has 110 valence electrons. The summed E-state index contributed by atoms with van der Waals surface area (Å²) in [6.07, 6.45) is 3.57. The second-order valence-corrected chi connectivity index (χ2v) is 7.15. The van der Waals surface area contributed by atoms with Crippen molar-refractivity contribution in [1.29, 1.82) is 0 Å². The van der Waals surface area contributed by atoms with Gasteiger partial charge in [-0.05, 0) is 31.9 Å². The highest BCUT2D eigenvalue weighted by atomic mass is 33.1. The van der Waals surface area contributed by atoms with Crippen molar-refractivity contribution in [1.82, 2.24) is 4.98 Å². The van der Waals surface area contributed by atoms with Crippen LogP contribution in [0, 0.1) is 0 Å². The topological polar surface area (TPSA) is 45.6 Å². The standard InChI is InChI=1S/C14H20N2O2S2/c1-10(20-19)12-3-2-11(8-15-12)16-6-7-18-13(9-16)14(17)4-5-14/h2-3,8,10,13,17,19H,4-7,9H2,1H3/t10?,13-/m1/s1. The Morgan fingerprint density at radius 1 is 1.55 bits per heavy atom. The summed E-state index contributed by atoms with van der Waals surface area (Å²) < 4.78 is 5.71. The highest BCUT2D eigenvalue weighted by molar-refractivity contribution is 8.68. The van der Waals surface area contributed by atoms with E-state index in [4.69, 9.17) is 4.74 Å². The van der Waals surface area contributed by atoms with Crippen molar-refractivity contribution < 1.29 is 9.84 Å². The highest BCUT2D eigenvalue weighted by Gasteiger charge is 2.50. The molecule has 2 atom stereocenters. The molecule has 6 heteroatoms. The smallest absolute Gasteiger partial charge is 0.104 e. The summed E-state index contributed by atoms with van der Waals surface area (Å²) in [5.74, 6) is 0. The van der Waals surface area contributed by atoms with Crippen molar-refractivity contribution in [2.75, 3.05) is 24.6 Å². The molecule has 4 nitrogen and oxygen atoms in total. The van der Waals surface area contributed by atoms with Gasteiger partial charge in [-0.2, -0.15) is 0 Å². The van der Waals surface area contributed by atoms with Crippen LogP contribution in [-0.4, -0.2) is 41.5 Å². The monoisotopic (exact) mass is 312 g/mol. The first-order valence-electron chi connectivity index (χ1n) is 6.97. The minimum atomic E-state index is -0.580. The lowest BCUT2D eigenvalue weighted by Gasteiger charge is -2.36. The zero-order valence-corrected chi connectivity index (χ0v) is 13.2. The van der Waals surface area contributed by atoms with E-state index in [1.54, 1.807) is 0 Å². The van der Waals surface area contributed by atoms with Crippen LogP contribution in [0.5, 0.6) is 0 Å². The van der Waals surface area contributed by atoms with E-state index in [-0.39, 0.29) is 11.4 Å². The van der Waals surface area contributed by atoms with Gasteiger partial charge in [-0.15, -0.1) is 11.7 Å². The normalized spacial score (nSPS) is 26.4. The van der Waals surface area contributed by atoms with Crippen molar-refractivity contribution in [2.24, 2.45) is 0 Å². The van der Waals surface area contributed by atoms with Gasteiger partial charge in [0.1, 0.15) is 6.10 Å². The van der Waals surface area contributed by atoms with Crippen molar-refractivity contribution in [2.45, 2.75) is 36.7 Å². The highest BCUT2D eigenvalue weighted by Crippen LogP contribution is 2.41. The second-order valence-electron chi connectivity index (χ2n) is 5.60. The fourth-order valence-electron chi connectivity index (χ4n) is 2.54. The maximum Gasteiger partial charge on any atom is 0.104 e. The minimum absolute atomic E-state index is 0.0668. The first-order chi connectivity index (χ1) is 9.62. The van der Waals surface area contributed by atoms with E-state index in [1.165, 1.54) is 10.8 Å². The average molecular weight is 312 g/mol. The Balaban J connectivity index is 1.69. The molecule has 3 rings (SSSR count). The van der Waals surface area contributed by atoms with E-state index >= 15 is 0 Å². The van der Waals surface area contributed by atoms with Gasteiger partial charge in [0.2, 0.25) is 0 Å². The molecule has 0 amide bonds. The molecule has 2 aliphatic rings. The molecule has 1 aromatic rings. The van der Waals surface area contributed by atoms with Gasteiger partial charge in [0.15, 0.2) is 0 Å². The van der Waals surface area contributed by atoms with Crippen LogP contribution in [0.25, 0.3) is 0 Å². The SMILES string of the molecule is CC(SS)c1ccc(N2CCO[C@@H](C3(O)CC3)C2)cn1. The van der Waals surface area contributed by atoms with Gasteiger partial charge in [0.05, 0.1) is 35.0 Å². The molecular weight excluding hydrogens is 292 g/mol. The maximum absolute atomic E-state index is 10.2. The van der Waals surface area contributed by atoms with Crippen LogP contribution in [0.4, 0.5) is 5.69 Å². The largest absolute Gasteiger partial charge is 0.387 e. The molecule has 0 aromatic carbocycles. The third-order valence-corrected chi connectivity index (χ3v) is 5.64. The Bertz CT molecular complexity index is 465. The lowest BCUT2D eigenvalue weighted by Crippen LogP contribution is -2.49. The summed E-state index contributed by atoms with van der Waals surface area (Å²) in [5, 5.41) is 10.5. The molecule has 1 unspecified atom stereocenters. The predicted octanol–water partition coefficient (Wildman–Crippen LogP) is 2.45. The lowest BCUT2D eigenvalue weighted by molar-refractivity contribution is -0.0586. The molecule has 1 aromatic heterocycles. The van der Waals surface area contributed by atoms with Crippen LogP contribution in [-0.2, 0) is 4.74 Å². The summed E-state index contributed by atoms with van der Waals surface area (Å²) in [6, 6.07) is 4.15. The average Bonchev–Trinajstić information content (AvgIpc) is 3.26. The molecule has 0 spiro atoms. The Kier molecular flexibility index (Phi) is 4.17. The first kappa shape index (κ1) is 14.5. The first-order valence-corrected chi connectivity index (χ1v) is 8.91. The summed E-state index contributed by atoms with van der Waals surface area (Å²) in [5.41, 5.74) is 1.56. The van der Waals surface area contributed by atoms with Gasteiger partial charge in [-0.3, -0.25) is 4.98 Å². The van der Waals surface area contributed by atoms with Crippen LogP contribution in [0.2, 0.25) is 0 Å². The number of rotatable bonds is 4. The molecule has 20 heavy (non-hydrogen) atoms. The van der Waals surface area contributed by atoms with Crippen molar-refractivity contribution >= 4 is 28.1 Å².